The first-order valence-electron chi connectivity index (χ1n) is 7.72. The Hall–Kier alpha value is -1.32. The van der Waals surface area contributed by atoms with Crippen LogP contribution in [-0.4, -0.2) is 16.0 Å². The monoisotopic (exact) mass is 260 g/mol. The molecule has 1 aromatic rings. The molecule has 0 amide bonds. The van der Waals surface area contributed by atoms with Crippen LogP contribution in [0.2, 0.25) is 0 Å². The summed E-state index contributed by atoms with van der Waals surface area (Å²) >= 11 is 0. The highest BCUT2D eigenvalue weighted by Crippen LogP contribution is 2.38. The zero-order valence-corrected chi connectivity index (χ0v) is 11.6. The minimum atomic E-state index is 0.557. The molecule has 0 bridgehead atoms. The smallest absolute Gasteiger partial charge is 0.136 e. The molecule has 0 spiro atoms. The summed E-state index contributed by atoms with van der Waals surface area (Å²) in [5.74, 6) is 3.03. The predicted molar refractivity (Wildman–Crippen MR) is 78.1 cm³/mol. The summed E-state index contributed by atoms with van der Waals surface area (Å²) < 4.78 is 0. The van der Waals surface area contributed by atoms with Crippen molar-refractivity contribution < 1.29 is 0 Å². The molecule has 2 aliphatic carbocycles. The van der Waals surface area contributed by atoms with E-state index < -0.39 is 0 Å². The van der Waals surface area contributed by atoms with Crippen molar-refractivity contribution in [2.24, 2.45) is 0 Å². The summed E-state index contributed by atoms with van der Waals surface area (Å²) in [7, 11) is 0. The molecule has 3 rings (SSSR count). The third kappa shape index (κ3) is 3.58. The van der Waals surface area contributed by atoms with E-state index >= 15 is 0 Å². The molecule has 1 aromatic heterocycles. The second-order valence-electron chi connectivity index (χ2n) is 6.00. The van der Waals surface area contributed by atoms with E-state index in [1.165, 1.54) is 57.8 Å². The molecule has 0 aromatic carbocycles. The third-order valence-electron chi connectivity index (χ3n) is 4.16. The minimum Gasteiger partial charge on any atom is -0.384 e. The Balaban J connectivity index is 1.67. The van der Waals surface area contributed by atoms with Gasteiger partial charge in [0, 0.05) is 18.0 Å². The lowest BCUT2D eigenvalue weighted by Crippen LogP contribution is -2.21. The van der Waals surface area contributed by atoms with E-state index in [0.717, 1.165) is 11.6 Å². The zero-order valence-electron chi connectivity index (χ0n) is 11.6. The largest absolute Gasteiger partial charge is 0.384 e. The quantitative estimate of drug-likeness (QED) is 0.873. The topological polar surface area (TPSA) is 63.8 Å². The molecule has 4 heteroatoms. The number of nitrogen functional groups attached to an aromatic ring is 1. The van der Waals surface area contributed by atoms with Gasteiger partial charge in [0.15, 0.2) is 0 Å². The van der Waals surface area contributed by atoms with Crippen LogP contribution in [-0.2, 0) is 0 Å². The Kier molecular flexibility index (Phi) is 3.85. The summed E-state index contributed by atoms with van der Waals surface area (Å²) in [5.41, 5.74) is 5.89. The fourth-order valence-corrected chi connectivity index (χ4v) is 2.89. The van der Waals surface area contributed by atoms with Gasteiger partial charge in [-0.25, -0.2) is 9.97 Å². The number of anilines is 2. The van der Waals surface area contributed by atoms with Gasteiger partial charge in [0.2, 0.25) is 0 Å². The van der Waals surface area contributed by atoms with Crippen molar-refractivity contribution in [2.45, 2.75) is 69.7 Å². The number of rotatable bonds is 3. The van der Waals surface area contributed by atoms with Crippen LogP contribution in [0.5, 0.6) is 0 Å². The molecule has 0 saturated heterocycles. The molecule has 0 radical (unpaired) electrons. The van der Waals surface area contributed by atoms with Crippen LogP contribution in [0.3, 0.4) is 0 Å². The van der Waals surface area contributed by atoms with E-state index in [0.29, 0.717) is 17.8 Å². The SMILES string of the molecule is Nc1cc(NC2CCCCCCC2)nc(C2CC2)n1. The van der Waals surface area contributed by atoms with E-state index in [4.69, 9.17) is 5.73 Å². The first-order chi connectivity index (χ1) is 9.31. The second-order valence-corrected chi connectivity index (χ2v) is 6.00. The second kappa shape index (κ2) is 5.76. The highest BCUT2D eigenvalue weighted by atomic mass is 15.1. The van der Waals surface area contributed by atoms with Crippen molar-refractivity contribution in [3.05, 3.63) is 11.9 Å². The van der Waals surface area contributed by atoms with Crippen molar-refractivity contribution >= 4 is 11.6 Å². The van der Waals surface area contributed by atoms with Crippen LogP contribution < -0.4 is 11.1 Å². The van der Waals surface area contributed by atoms with E-state index in [1.54, 1.807) is 0 Å². The van der Waals surface area contributed by atoms with Gasteiger partial charge in [-0.1, -0.05) is 32.1 Å². The number of aromatic nitrogens is 2. The Bertz CT molecular complexity index is 420. The molecule has 19 heavy (non-hydrogen) atoms. The lowest BCUT2D eigenvalue weighted by Gasteiger charge is -2.21. The van der Waals surface area contributed by atoms with Gasteiger partial charge >= 0.3 is 0 Å². The van der Waals surface area contributed by atoms with Gasteiger partial charge < -0.3 is 11.1 Å². The van der Waals surface area contributed by atoms with Crippen LogP contribution in [0.4, 0.5) is 11.6 Å². The maximum absolute atomic E-state index is 5.89. The van der Waals surface area contributed by atoms with E-state index in [-0.39, 0.29) is 0 Å². The third-order valence-corrected chi connectivity index (χ3v) is 4.16. The molecule has 2 fully saturated rings. The number of nitrogens with one attached hydrogen (secondary N) is 1. The maximum Gasteiger partial charge on any atom is 0.136 e. The average molecular weight is 260 g/mol. The minimum absolute atomic E-state index is 0.557. The first-order valence-corrected chi connectivity index (χ1v) is 7.72. The molecule has 2 saturated carbocycles. The average Bonchev–Trinajstić information content (AvgIpc) is 3.15. The zero-order chi connectivity index (χ0) is 13.1. The summed E-state index contributed by atoms with van der Waals surface area (Å²) in [6.07, 6.45) is 11.7. The number of hydrogen-bond acceptors (Lipinski definition) is 4. The van der Waals surface area contributed by atoms with E-state index in [9.17, 15) is 0 Å². The molecular formula is C15H24N4. The van der Waals surface area contributed by atoms with E-state index in [2.05, 4.69) is 15.3 Å². The molecule has 0 unspecified atom stereocenters. The number of nitrogens with zero attached hydrogens (tertiary/aromatic N) is 2. The molecular weight excluding hydrogens is 236 g/mol. The molecule has 2 aliphatic rings. The van der Waals surface area contributed by atoms with Gasteiger partial charge in [-0.3, -0.25) is 0 Å². The van der Waals surface area contributed by atoms with Gasteiger partial charge in [0.25, 0.3) is 0 Å². The normalized spacial score (nSPS) is 21.7. The van der Waals surface area contributed by atoms with Crippen molar-refractivity contribution in [3.63, 3.8) is 0 Å². The highest BCUT2D eigenvalue weighted by molar-refractivity contribution is 5.46. The lowest BCUT2D eigenvalue weighted by molar-refractivity contribution is 0.470. The van der Waals surface area contributed by atoms with E-state index in [1.807, 2.05) is 6.07 Å². The Morgan fingerprint density at radius 1 is 0.947 bits per heavy atom. The summed E-state index contributed by atoms with van der Waals surface area (Å²) in [5, 5.41) is 3.58. The fraction of sp³-hybridized carbons (Fsp3) is 0.733. The van der Waals surface area contributed by atoms with Crippen molar-refractivity contribution in [1.82, 2.24) is 9.97 Å². The maximum atomic E-state index is 5.89. The van der Waals surface area contributed by atoms with Crippen LogP contribution in [0.25, 0.3) is 0 Å². The Morgan fingerprint density at radius 2 is 1.63 bits per heavy atom. The number of nitrogens with two attached hydrogens (primary N) is 1. The summed E-state index contributed by atoms with van der Waals surface area (Å²) in [6.45, 7) is 0. The van der Waals surface area contributed by atoms with Crippen molar-refractivity contribution in [1.29, 1.82) is 0 Å². The fourth-order valence-electron chi connectivity index (χ4n) is 2.89. The lowest BCUT2D eigenvalue weighted by atomic mass is 9.97. The van der Waals surface area contributed by atoms with Crippen LogP contribution >= 0.6 is 0 Å². The Labute approximate surface area is 115 Å². The molecule has 3 N–H and O–H groups in total. The van der Waals surface area contributed by atoms with Crippen molar-refractivity contribution in [2.75, 3.05) is 11.1 Å². The standard InChI is InChI=1S/C15H24N4/c16-13-10-14(19-15(18-13)11-8-9-11)17-12-6-4-2-1-3-5-7-12/h10-12H,1-9H2,(H3,16,17,18,19). The molecule has 104 valence electrons. The van der Waals surface area contributed by atoms with Gasteiger partial charge in [0.05, 0.1) is 0 Å². The molecule has 0 atom stereocenters. The van der Waals surface area contributed by atoms with Crippen molar-refractivity contribution in [3.8, 4) is 0 Å². The predicted octanol–water partition coefficient (Wildman–Crippen LogP) is 3.46. The highest BCUT2D eigenvalue weighted by Gasteiger charge is 2.27. The summed E-state index contributed by atoms with van der Waals surface area (Å²) in [6, 6.07) is 2.44. The molecule has 4 nitrogen and oxygen atoms in total. The summed E-state index contributed by atoms with van der Waals surface area (Å²) in [4.78, 5) is 8.99. The van der Waals surface area contributed by atoms with Crippen LogP contribution in [0.15, 0.2) is 6.07 Å². The van der Waals surface area contributed by atoms with Gasteiger partial charge in [-0.15, -0.1) is 0 Å². The van der Waals surface area contributed by atoms with Gasteiger partial charge in [-0.05, 0) is 25.7 Å². The van der Waals surface area contributed by atoms with Gasteiger partial charge in [-0.2, -0.15) is 0 Å². The molecule has 0 aliphatic heterocycles. The van der Waals surface area contributed by atoms with Crippen LogP contribution in [0.1, 0.15) is 69.5 Å². The van der Waals surface area contributed by atoms with Crippen LogP contribution in [0, 0.1) is 0 Å². The number of hydrogen-bond donors (Lipinski definition) is 2. The van der Waals surface area contributed by atoms with Gasteiger partial charge in [0.1, 0.15) is 17.5 Å². The molecule has 1 heterocycles. The first kappa shape index (κ1) is 12.7. The Morgan fingerprint density at radius 3 is 2.32 bits per heavy atom.